The van der Waals surface area contributed by atoms with Crippen LogP contribution in [-0.2, 0) is 0 Å². The molecule has 2 aliphatic heterocycles. The third kappa shape index (κ3) is 3.75. The first-order chi connectivity index (χ1) is 17.5. The lowest BCUT2D eigenvalue weighted by Gasteiger charge is -2.45. The monoisotopic (exact) mass is 485 g/mol. The number of pyridine rings is 1. The molecule has 184 valence electrons. The summed E-state index contributed by atoms with van der Waals surface area (Å²) in [4.78, 5) is 33.2. The van der Waals surface area contributed by atoms with Crippen LogP contribution in [0, 0.1) is 5.82 Å². The number of piperazine rings is 1. The lowest BCUT2D eigenvalue weighted by atomic mass is 10.1. The summed E-state index contributed by atoms with van der Waals surface area (Å²) in [6.45, 7) is 7.34. The molecule has 0 radical (unpaired) electrons. The number of hydrogen-bond acceptors (Lipinski definition) is 6. The Morgan fingerprint density at radius 3 is 2.64 bits per heavy atom. The summed E-state index contributed by atoms with van der Waals surface area (Å²) < 4.78 is 16.0. The number of carbonyl (C=O) groups is 1. The third-order valence-corrected chi connectivity index (χ3v) is 7.25. The van der Waals surface area contributed by atoms with E-state index in [1.807, 2.05) is 27.8 Å². The summed E-state index contributed by atoms with van der Waals surface area (Å²) >= 11 is 0. The average molecular weight is 486 g/mol. The maximum absolute atomic E-state index is 14.1. The highest BCUT2D eigenvalue weighted by Crippen LogP contribution is 2.39. The highest BCUT2D eigenvalue weighted by atomic mass is 19.1. The fourth-order valence-corrected chi connectivity index (χ4v) is 5.22. The van der Waals surface area contributed by atoms with E-state index in [1.54, 1.807) is 30.9 Å². The van der Waals surface area contributed by atoms with Crippen LogP contribution in [0.1, 0.15) is 30.6 Å². The molecule has 2 atom stereocenters. The second kappa shape index (κ2) is 8.89. The van der Waals surface area contributed by atoms with Crippen molar-refractivity contribution in [3.63, 3.8) is 0 Å². The Labute approximate surface area is 209 Å². The lowest BCUT2D eigenvalue weighted by Crippen LogP contribution is -2.58. The number of amides is 1. The van der Waals surface area contributed by atoms with Gasteiger partial charge in [-0.2, -0.15) is 0 Å². The quantitative estimate of drug-likeness (QED) is 0.437. The molecule has 2 fully saturated rings. The van der Waals surface area contributed by atoms with Gasteiger partial charge in [-0.05, 0) is 50.6 Å². The van der Waals surface area contributed by atoms with Gasteiger partial charge in [-0.3, -0.25) is 14.3 Å². The second-order valence-electron chi connectivity index (χ2n) is 9.65. The van der Waals surface area contributed by atoms with Crippen LogP contribution in [0.3, 0.4) is 0 Å². The second-order valence-corrected chi connectivity index (χ2v) is 9.65. The molecule has 6 rings (SSSR count). The SMILES string of the molecule is C[C@@H]1CN(c2ncnc3c2c(N2CCC2)cn3-c2cccc(F)c2)[C@@H](C)CN1C(=O)c1cccnc1. The van der Waals surface area contributed by atoms with Crippen molar-refractivity contribution in [2.45, 2.75) is 32.4 Å². The van der Waals surface area contributed by atoms with Crippen LogP contribution < -0.4 is 9.80 Å². The molecular formula is C27H28FN7O. The molecule has 5 heterocycles. The number of halogens is 1. The van der Waals surface area contributed by atoms with Gasteiger partial charge in [0.25, 0.3) is 5.91 Å². The zero-order valence-electron chi connectivity index (χ0n) is 20.4. The number of hydrogen-bond donors (Lipinski definition) is 0. The first kappa shape index (κ1) is 22.5. The van der Waals surface area contributed by atoms with E-state index in [9.17, 15) is 9.18 Å². The Kier molecular flexibility index (Phi) is 5.55. The minimum atomic E-state index is -0.286. The van der Waals surface area contributed by atoms with Gasteiger partial charge in [0, 0.05) is 62.5 Å². The molecule has 8 nitrogen and oxygen atoms in total. The number of fused-ring (bicyclic) bond motifs is 1. The van der Waals surface area contributed by atoms with Crippen molar-refractivity contribution in [3.05, 3.63) is 72.7 Å². The molecule has 2 saturated heterocycles. The van der Waals surface area contributed by atoms with Crippen LogP contribution >= 0.6 is 0 Å². The van der Waals surface area contributed by atoms with Gasteiger partial charge in [0.1, 0.15) is 18.0 Å². The average Bonchev–Trinajstić information content (AvgIpc) is 3.24. The van der Waals surface area contributed by atoms with Gasteiger partial charge in [-0.15, -0.1) is 0 Å². The van der Waals surface area contributed by atoms with Crippen LogP contribution in [0.5, 0.6) is 0 Å². The Balaban J connectivity index is 1.40. The standard InChI is InChI=1S/C27H28FN7O/c1-18-15-34(27(36)20-6-4-9-29-13-20)19(2)14-33(18)25-24-23(32-10-5-11-32)16-35(26(24)31-17-30-25)22-8-3-7-21(28)12-22/h3-4,6-9,12-13,16-19H,5,10-11,14-15H2,1-2H3/t18-,19+/m0/s1. The predicted octanol–water partition coefficient (Wildman–Crippen LogP) is 3.90. The summed E-state index contributed by atoms with van der Waals surface area (Å²) in [5, 5.41) is 0.965. The Morgan fingerprint density at radius 2 is 1.92 bits per heavy atom. The van der Waals surface area contributed by atoms with E-state index in [1.165, 1.54) is 12.1 Å². The van der Waals surface area contributed by atoms with Crippen molar-refractivity contribution in [3.8, 4) is 5.69 Å². The fraction of sp³-hybridized carbons (Fsp3) is 0.333. The van der Waals surface area contributed by atoms with Gasteiger partial charge in [0.15, 0.2) is 5.65 Å². The molecule has 0 aliphatic carbocycles. The van der Waals surface area contributed by atoms with Gasteiger partial charge < -0.3 is 14.7 Å². The molecule has 2 aliphatic rings. The molecule has 4 aromatic rings. The molecule has 3 aromatic heterocycles. The van der Waals surface area contributed by atoms with E-state index in [0.29, 0.717) is 18.7 Å². The van der Waals surface area contributed by atoms with E-state index >= 15 is 0 Å². The summed E-state index contributed by atoms with van der Waals surface area (Å²) in [6, 6.07) is 10.2. The van der Waals surface area contributed by atoms with E-state index in [2.05, 4.69) is 33.6 Å². The summed E-state index contributed by atoms with van der Waals surface area (Å²) in [7, 11) is 0. The van der Waals surface area contributed by atoms with Crippen LogP contribution in [0.2, 0.25) is 0 Å². The van der Waals surface area contributed by atoms with Crippen molar-refractivity contribution in [2.24, 2.45) is 0 Å². The van der Waals surface area contributed by atoms with Crippen LogP contribution in [0.4, 0.5) is 15.9 Å². The van der Waals surface area contributed by atoms with Gasteiger partial charge in [-0.25, -0.2) is 14.4 Å². The normalized spacial score (nSPS) is 20.0. The molecule has 0 N–H and O–H groups in total. The Bertz CT molecular complexity index is 1420. The van der Waals surface area contributed by atoms with Gasteiger partial charge >= 0.3 is 0 Å². The number of anilines is 2. The van der Waals surface area contributed by atoms with Gasteiger partial charge in [0.2, 0.25) is 0 Å². The highest BCUT2D eigenvalue weighted by molar-refractivity contribution is 6.01. The molecule has 36 heavy (non-hydrogen) atoms. The number of rotatable bonds is 4. The largest absolute Gasteiger partial charge is 0.369 e. The molecular weight excluding hydrogens is 457 g/mol. The molecule has 1 amide bonds. The topological polar surface area (TPSA) is 70.4 Å². The van der Waals surface area contributed by atoms with E-state index in [-0.39, 0.29) is 23.8 Å². The third-order valence-electron chi connectivity index (χ3n) is 7.25. The first-order valence-electron chi connectivity index (χ1n) is 12.4. The fourth-order valence-electron chi connectivity index (χ4n) is 5.22. The minimum absolute atomic E-state index is 0.00606. The van der Waals surface area contributed by atoms with Crippen LogP contribution in [0.25, 0.3) is 16.7 Å². The maximum atomic E-state index is 14.1. The lowest BCUT2D eigenvalue weighted by molar-refractivity contribution is 0.0644. The van der Waals surface area contributed by atoms with E-state index in [4.69, 9.17) is 4.98 Å². The molecule has 0 unspecified atom stereocenters. The van der Waals surface area contributed by atoms with Crippen molar-refractivity contribution >= 4 is 28.4 Å². The Hall–Kier alpha value is -4.01. The molecule has 9 heteroatoms. The number of benzene rings is 1. The first-order valence-corrected chi connectivity index (χ1v) is 12.4. The smallest absolute Gasteiger partial charge is 0.255 e. The van der Waals surface area contributed by atoms with Crippen molar-refractivity contribution in [1.29, 1.82) is 0 Å². The zero-order chi connectivity index (χ0) is 24.8. The van der Waals surface area contributed by atoms with Crippen LogP contribution in [-0.4, -0.2) is 68.6 Å². The Morgan fingerprint density at radius 1 is 1.06 bits per heavy atom. The van der Waals surface area contributed by atoms with Crippen molar-refractivity contribution in [1.82, 2.24) is 24.4 Å². The molecule has 0 saturated carbocycles. The van der Waals surface area contributed by atoms with Crippen LogP contribution in [0.15, 0.2) is 61.3 Å². The number of carbonyl (C=O) groups excluding carboxylic acids is 1. The maximum Gasteiger partial charge on any atom is 0.255 e. The van der Waals surface area contributed by atoms with E-state index < -0.39 is 0 Å². The predicted molar refractivity (Wildman–Crippen MR) is 137 cm³/mol. The van der Waals surface area contributed by atoms with E-state index in [0.717, 1.165) is 47.7 Å². The van der Waals surface area contributed by atoms with Crippen molar-refractivity contribution < 1.29 is 9.18 Å². The summed E-state index contributed by atoms with van der Waals surface area (Å²) in [6.07, 6.45) is 8.06. The van der Waals surface area contributed by atoms with Crippen molar-refractivity contribution in [2.75, 3.05) is 36.0 Å². The minimum Gasteiger partial charge on any atom is -0.369 e. The number of nitrogens with zero attached hydrogens (tertiary/aromatic N) is 7. The molecule has 0 spiro atoms. The molecule has 1 aromatic carbocycles. The zero-order valence-corrected chi connectivity index (χ0v) is 20.4. The number of aromatic nitrogens is 4. The highest BCUT2D eigenvalue weighted by Gasteiger charge is 2.35. The summed E-state index contributed by atoms with van der Waals surface area (Å²) in [5.41, 5.74) is 3.14. The van der Waals surface area contributed by atoms with Gasteiger partial charge in [-0.1, -0.05) is 6.07 Å². The molecule has 0 bridgehead atoms. The summed E-state index contributed by atoms with van der Waals surface area (Å²) in [5.74, 6) is 0.560. The van der Waals surface area contributed by atoms with Gasteiger partial charge in [0.05, 0.1) is 16.6 Å².